The van der Waals surface area contributed by atoms with Gasteiger partial charge >= 0.3 is 5.97 Å². The molecule has 0 amide bonds. The predicted octanol–water partition coefficient (Wildman–Crippen LogP) is 2.90. The first-order chi connectivity index (χ1) is 14.2. The van der Waals surface area contributed by atoms with Crippen LogP contribution in [0.3, 0.4) is 0 Å². The summed E-state index contributed by atoms with van der Waals surface area (Å²) in [4.78, 5) is 13.6. The van der Waals surface area contributed by atoms with E-state index >= 15 is 0 Å². The molecule has 0 spiro atoms. The predicted molar refractivity (Wildman–Crippen MR) is 115 cm³/mol. The molecule has 0 bridgehead atoms. The minimum Gasteiger partial charge on any atom is -0.481 e. The number of aryl methyl sites for hydroxylation is 2. The third-order valence-electron chi connectivity index (χ3n) is 5.73. The van der Waals surface area contributed by atoms with E-state index in [1.807, 2.05) is 30.3 Å². The number of nitrogens with one attached hydrogen (secondary N) is 1. The molecule has 2 heterocycles. The first-order valence-corrected chi connectivity index (χ1v) is 11.2. The van der Waals surface area contributed by atoms with E-state index in [1.54, 1.807) is 31.6 Å². The van der Waals surface area contributed by atoms with Crippen LogP contribution in [-0.4, -0.2) is 42.4 Å². The molecule has 2 N–H and O–H groups in total. The first kappa shape index (κ1) is 20.2. The van der Waals surface area contributed by atoms with Crippen molar-refractivity contribution in [3.8, 4) is 0 Å². The fourth-order valence-corrected chi connectivity index (χ4v) is 5.69. The second-order valence-electron chi connectivity index (χ2n) is 7.68. The molecule has 1 fully saturated rings. The zero-order chi connectivity index (χ0) is 21.6. The molecular weight excluding hydrogens is 404 g/mol. The van der Waals surface area contributed by atoms with E-state index in [-0.39, 0.29) is 4.90 Å². The summed E-state index contributed by atoms with van der Waals surface area (Å²) in [6.07, 6.45) is 0.595. The second-order valence-corrected chi connectivity index (χ2v) is 9.30. The minimum absolute atomic E-state index is 0.182. The van der Waals surface area contributed by atoms with Crippen molar-refractivity contribution in [1.29, 1.82) is 0 Å². The number of anilines is 2. The van der Waals surface area contributed by atoms with Gasteiger partial charge in [-0.05, 0) is 32.4 Å². The van der Waals surface area contributed by atoms with Crippen LogP contribution in [0, 0.1) is 19.8 Å². The lowest BCUT2D eigenvalue weighted by atomic mass is 10.1. The summed E-state index contributed by atoms with van der Waals surface area (Å²) in [5.74, 6) is -1.17. The number of rotatable bonds is 5. The molecule has 0 radical (unpaired) electrons. The van der Waals surface area contributed by atoms with E-state index in [2.05, 4.69) is 14.7 Å². The Morgan fingerprint density at radius 3 is 2.47 bits per heavy atom. The maximum absolute atomic E-state index is 13.1. The summed E-state index contributed by atoms with van der Waals surface area (Å²) < 4.78 is 30.5. The fraction of sp³-hybridized carbons (Fsp3) is 0.333. The molecule has 1 atom stereocenters. The molecule has 1 aromatic heterocycles. The lowest BCUT2D eigenvalue weighted by Gasteiger charge is -2.22. The standard InChI is InChI=1S/C21H24N4O4S/c1-13-20(14(2)24(3)22-13)30(28,29)23-18-8-9-19(17-7-5-4-6-16(17)18)25-11-10-15(12-25)21(26)27/h4-9,15,23H,10-12H2,1-3H3,(H,26,27)/t15-/m0/s1. The molecule has 9 heteroatoms. The number of carbonyl (C=O) groups is 1. The Labute approximate surface area is 175 Å². The Morgan fingerprint density at radius 2 is 1.87 bits per heavy atom. The van der Waals surface area contributed by atoms with E-state index in [1.165, 1.54) is 0 Å². The smallest absolute Gasteiger partial charge is 0.308 e. The molecule has 1 aliphatic rings. The third kappa shape index (κ3) is 3.39. The number of benzene rings is 2. The van der Waals surface area contributed by atoms with Crippen molar-refractivity contribution in [3.63, 3.8) is 0 Å². The van der Waals surface area contributed by atoms with Crippen LogP contribution in [-0.2, 0) is 21.9 Å². The van der Waals surface area contributed by atoms with Crippen LogP contribution in [0.2, 0.25) is 0 Å². The number of aromatic nitrogens is 2. The van der Waals surface area contributed by atoms with Crippen molar-refractivity contribution in [2.24, 2.45) is 13.0 Å². The van der Waals surface area contributed by atoms with Crippen LogP contribution in [0.15, 0.2) is 41.3 Å². The van der Waals surface area contributed by atoms with Gasteiger partial charge in [0.25, 0.3) is 10.0 Å². The van der Waals surface area contributed by atoms with Crippen LogP contribution in [0.5, 0.6) is 0 Å². The van der Waals surface area contributed by atoms with Gasteiger partial charge in [0.2, 0.25) is 0 Å². The zero-order valence-corrected chi connectivity index (χ0v) is 17.9. The van der Waals surface area contributed by atoms with Crippen LogP contribution < -0.4 is 9.62 Å². The van der Waals surface area contributed by atoms with E-state index < -0.39 is 21.9 Å². The lowest BCUT2D eigenvalue weighted by molar-refractivity contribution is -0.140. The van der Waals surface area contributed by atoms with Crippen molar-refractivity contribution in [2.45, 2.75) is 25.2 Å². The number of sulfonamides is 1. The third-order valence-corrected chi connectivity index (χ3v) is 7.35. The Kier molecular flexibility index (Phi) is 4.93. The number of aliphatic carboxylic acids is 1. The van der Waals surface area contributed by atoms with Crippen molar-refractivity contribution in [1.82, 2.24) is 9.78 Å². The van der Waals surface area contributed by atoms with Gasteiger partial charge in [-0.1, -0.05) is 24.3 Å². The van der Waals surface area contributed by atoms with Gasteiger partial charge in [-0.25, -0.2) is 8.42 Å². The van der Waals surface area contributed by atoms with E-state index in [0.29, 0.717) is 36.6 Å². The average molecular weight is 429 g/mol. The molecule has 0 unspecified atom stereocenters. The van der Waals surface area contributed by atoms with Crippen molar-refractivity contribution in [3.05, 3.63) is 47.8 Å². The Hall–Kier alpha value is -3.07. The van der Waals surface area contributed by atoms with E-state index in [4.69, 9.17) is 0 Å². The van der Waals surface area contributed by atoms with Gasteiger partial charge in [-0.2, -0.15) is 5.10 Å². The number of hydrogen-bond donors (Lipinski definition) is 2. The maximum Gasteiger partial charge on any atom is 0.308 e. The summed E-state index contributed by atoms with van der Waals surface area (Å²) in [7, 11) is -2.11. The molecule has 4 rings (SSSR count). The first-order valence-electron chi connectivity index (χ1n) is 9.71. The van der Waals surface area contributed by atoms with E-state index in [9.17, 15) is 18.3 Å². The average Bonchev–Trinajstić information content (AvgIpc) is 3.27. The Bertz CT molecular complexity index is 1250. The SMILES string of the molecule is Cc1nn(C)c(C)c1S(=O)(=O)Nc1ccc(N2CC[C@H](C(=O)O)C2)c2ccccc12. The molecule has 8 nitrogen and oxygen atoms in total. The highest BCUT2D eigenvalue weighted by Crippen LogP contribution is 2.36. The number of carboxylic acid groups (broad SMARTS) is 1. The van der Waals surface area contributed by atoms with E-state index in [0.717, 1.165) is 16.5 Å². The molecule has 0 aliphatic carbocycles. The highest BCUT2D eigenvalue weighted by Gasteiger charge is 2.29. The van der Waals surface area contributed by atoms with Crippen LogP contribution in [0.1, 0.15) is 17.8 Å². The number of carboxylic acids is 1. The van der Waals surface area contributed by atoms with Gasteiger partial charge in [0, 0.05) is 36.6 Å². The zero-order valence-electron chi connectivity index (χ0n) is 17.1. The summed E-state index contributed by atoms with van der Waals surface area (Å²) in [5.41, 5.74) is 2.40. The number of fused-ring (bicyclic) bond motifs is 1. The minimum atomic E-state index is -3.82. The topological polar surface area (TPSA) is 105 Å². The molecule has 2 aromatic carbocycles. The highest BCUT2D eigenvalue weighted by atomic mass is 32.2. The maximum atomic E-state index is 13.1. The Balaban J connectivity index is 1.74. The summed E-state index contributed by atoms with van der Waals surface area (Å²) in [6, 6.07) is 11.1. The molecule has 0 saturated carbocycles. The van der Waals surface area contributed by atoms with Crippen LogP contribution in [0.25, 0.3) is 10.8 Å². The van der Waals surface area contributed by atoms with Gasteiger partial charge in [0.05, 0.1) is 23.0 Å². The van der Waals surface area contributed by atoms with Gasteiger partial charge < -0.3 is 10.0 Å². The van der Waals surface area contributed by atoms with Gasteiger partial charge in [0.1, 0.15) is 4.90 Å². The normalized spacial score (nSPS) is 16.9. The highest BCUT2D eigenvalue weighted by molar-refractivity contribution is 7.92. The molecular formula is C21H24N4O4S. The molecule has 30 heavy (non-hydrogen) atoms. The van der Waals surface area contributed by atoms with Crippen LogP contribution >= 0.6 is 0 Å². The van der Waals surface area contributed by atoms with Crippen LogP contribution in [0.4, 0.5) is 11.4 Å². The summed E-state index contributed by atoms with van der Waals surface area (Å²) in [5, 5.41) is 15.2. The Morgan fingerprint density at radius 1 is 1.17 bits per heavy atom. The number of hydrogen-bond acceptors (Lipinski definition) is 5. The van der Waals surface area contributed by atoms with Gasteiger partial charge in [0.15, 0.2) is 0 Å². The molecule has 1 saturated heterocycles. The number of nitrogens with zero attached hydrogens (tertiary/aromatic N) is 3. The molecule has 158 valence electrons. The van der Waals surface area contributed by atoms with Crippen molar-refractivity contribution in [2.75, 3.05) is 22.7 Å². The monoisotopic (exact) mass is 428 g/mol. The fourth-order valence-electron chi connectivity index (χ4n) is 4.17. The summed E-state index contributed by atoms with van der Waals surface area (Å²) >= 11 is 0. The van der Waals surface area contributed by atoms with Crippen molar-refractivity contribution >= 4 is 38.1 Å². The quantitative estimate of drug-likeness (QED) is 0.648. The molecule has 1 aliphatic heterocycles. The lowest BCUT2D eigenvalue weighted by Crippen LogP contribution is -2.23. The largest absolute Gasteiger partial charge is 0.481 e. The second kappa shape index (κ2) is 7.32. The van der Waals surface area contributed by atoms with Gasteiger partial charge in [-0.15, -0.1) is 0 Å². The molecule has 3 aromatic rings. The van der Waals surface area contributed by atoms with Crippen molar-refractivity contribution < 1.29 is 18.3 Å². The summed E-state index contributed by atoms with van der Waals surface area (Å²) in [6.45, 7) is 4.50. The van der Waals surface area contributed by atoms with Gasteiger partial charge in [-0.3, -0.25) is 14.2 Å².